The number of nitrogens with two attached hydrogens (primary N) is 1. The van der Waals surface area contributed by atoms with Crippen LogP contribution in [0.3, 0.4) is 0 Å². The van der Waals surface area contributed by atoms with Crippen molar-refractivity contribution in [2.75, 3.05) is 13.1 Å². The summed E-state index contributed by atoms with van der Waals surface area (Å²) in [6.45, 7) is 9.40. The Balaban J connectivity index is 2.01. The lowest BCUT2D eigenvalue weighted by atomic mass is 9.77. The van der Waals surface area contributed by atoms with Crippen LogP contribution in [0.15, 0.2) is 0 Å². The fraction of sp³-hybridized carbons (Fsp3) is 1.00. The molecule has 1 saturated heterocycles. The first-order valence-electron chi connectivity index (χ1n) is 7.09. The van der Waals surface area contributed by atoms with Gasteiger partial charge in [0, 0.05) is 18.6 Å². The molecule has 2 heteroatoms. The largest absolute Gasteiger partial charge is 0.330 e. The quantitative estimate of drug-likeness (QED) is 0.781. The monoisotopic (exact) mass is 224 g/mol. The molecule has 5 unspecified atom stereocenters. The molecule has 0 spiro atoms. The van der Waals surface area contributed by atoms with Gasteiger partial charge >= 0.3 is 0 Å². The van der Waals surface area contributed by atoms with E-state index in [4.69, 9.17) is 5.73 Å². The SMILES string of the molecule is CC1CCCC(N2CC(CN)CC2C)C1C. The van der Waals surface area contributed by atoms with Crippen molar-refractivity contribution < 1.29 is 0 Å². The Bertz CT molecular complexity index is 229. The van der Waals surface area contributed by atoms with E-state index in [1.54, 1.807) is 0 Å². The van der Waals surface area contributed by atoms with Crippen molar-refractivity contribution in [2.24, 2.45) is 23.5 Å². The molecule has 0 amide bonds. The molecule has 0 bridgehead atoms. The molecular formula is C14H28N2. The summed E-state index contributed by atoms with van der Waals surface area (Å²) in [5, 5.41) is 0. The fourth-order valence-electron chi connectivity index (χ4n) is 3.83. The van der Waals surface area contributed by atoms with Crippen LogP contribution in [0, 0.1) is 17.8 Å². The molecule has 1 aliphatic heterocycles. The van der Waals surface area contributed by atoms with Gasteiger partial charge in [-0.2, -0.15) is 0 Å². The summed E-state index contributed by atoms with van der Waals surface area (Å²) in [6.07, 6.45) is 5.58. The Labute approximate surface area is 101 Å². The molecule has 2 N–H and O–H groups in total. The first-order chi connectivity index (χ1) is 7.63. The van der Waals surface area contributed by atoms with E-state index in [-0.39, 0.29) is 0 Å². The second-order valence-corrected chi connectivity index (χ2v) is 6.22. The molecule has 1 saturated carbocycles. The van der Waals surface area contributed by atoms with Gasteiger partial charge in [0.1, 0.15) is 0 Å². The van der Waals surface area contributed by atoms with E-state index < -0.39 is 0 Å². The molecule has 5 atom stereocenters. The summed E-state index contributed by atoms with van der Waals surface area (Å²) < 4.78 is 0. The van der Waals surface area contributed by atoms with Crippen LogP contribution in [0.1, 0.15) is 46.5 Å². The van der Waals surface area contributed by atoms with E-state index in [1.807, 2.05) is 0 Å². The van der Waals surface area contributed by atoms with Crippen LogP contribution in [0.5, 0.6) is 0 Å². The van der Waals surface area contributed by atoms with Crippen LogP contribution in [0.25, 0.3) is 0 Å². The minimum atomic E-state index is 0.749. The Morgan fingerprint density at radius 1 is 1.19 bits per heavy atom. The molecule has 0 radical (unpaired) electrons. The zero-order valence-corrected chi connectivity index (χ0v) is 11.2. The Morgan fingerprint density at radius 2 is 1.94 bits per heavy atom. The van der Waals surface area contributed by atoms with Gasteiger partial charge in [-0.05, 0) is 44.1 Å². The van der Waals surface area contributed by atoms with Crippen molar-refractivity contribution in [1.29, 1.82) is 0 Å². The van der Waals surface area contributed by atoms with E-state index in [1.165, 1.54) is 32.2 Å². The zero-order chi connectivity index (χ0) is 11.7. The molecule has 2 rings (SSSR count). The van der Waals surface area contributed by atoms with Crippen LogP contribution >= 0.6 is 0 Å². The predicted octanol–water partition coefficient (Wildman–Crippen LogP) is 2.48. The summed E-state index contributed by atoms with van der Waals surface area (Å²) in [5.74, 6) is 2.52. The maximum atomic E-state index is 5.82. The number of hydrogen-bond donors (Lipinski definition) is 1. The van der Waals surface area contributed by atoms with Crippen molar-refractivity contribution in [3.05, 3.63) is 0 Å². The van der Waals surface area contributed by atoms with Gasteiger partial charge in [-0.15, -0.1) is 0 Å². The Hall–Kier alpha value is -0.0800. The van der Waals surface area contributed by atoms with Gasteiger partial charge in [0.25, 0.3) is 0 Å². The van der Waals surface area contributed by atoms with Gasteiger partial charge in [0.05, 0.1) is 0 Å². The van der Waals surface area contributed by atoms with Crippen molar-refractivity contribution in [3.8, 4) is 0 Å². The normalized spacial score (nSPS) is 46.1. The number of rotatable bonds is 2. The molecule has 0 aromatic heterocycles. The highest BCUT2D eigenvalue weighted by Gasteiger charge is 2.38. The summed E-state index contributed by atoms with van der Waals surface area (Å²) in [4.78, 5) is 2.76. The van der Waals surface area contributed by atoms with E-state index in [0.29, 0.717) is 0 Å². The third kappa shape index (κ3) is 2.28. The van der Waals surface area contributed by atoms with Crippen LogP contribution in [0.2, 0.25) is 0 Å². The van der Waals surface area contributed by atoms with Gasteiger partial charge in [0.15, 0.2) is 0 Å². The molecule has 1 heterocycles. The summed E-state index contributed by atoms with van der Waals surface area (Å²) in [7, 11) is 0. The molecular weight excluding hydrogens is 196 g/mol. The maximum Gasteiger partial charge on any atom is 0.0126 e. The van der Waals surface area contributed by atoms with Gasteiger partial charge in [0.2, 0.25) is 0 Å². The first-order valence-corrected chi connectivity index (χ1v) is 7.09. The van der Waals surface area contributed by atoms with Crippen LogP contribution in [-0.4, -0.2) is 30.1 Å². The lowest BCUT2D eigenvalue weighted by Crippen LogP contribution is -2.45. The minimum absolute atomic E-state index is 0.749. The van der Waals surface area contributed by atoms with Crippen molar-refractivity contribution in [2.45, 2.75) is 58.5 Å². The number of likely N-dealkylation sites (tertiary alicyclic amines) is 1. The molecule has 0 aromatic carbocycles. The standard InChI is InChI=1S/C14H28N2/c1-10-5-4-6-14(12(10)3)16-9-13(8-15)7-11(16)2/h10-14H,4-9,15H2,1-3H3. The first kappa shape index (κ1) is 12.4. The highest BCUT2D eigenvalue weighted by Crippen LogP contribution is 2.37. The lowest BCUT2D eigenvalue weighted by Gasteiger charge is -2.42. The third-order valence-electron chi connectivity index (χ3n) is 5.13. The highest BCUT2D eigenvalue weighted by molar-refractivity contribution is 4.92. The van der Waals surface area contributed by atoms with Crippen molar-refractivity contribution >= 4 is 0 Å². The molecule has 1 aliphatic carbocycles. The van der Waals surface area contributed by atoms with Gasteiger partial charge in [-0.3, -0.25) is 4.90 Å². The van der Waals surface area contributed by atoms with E-state index in [0.717, 1.165) is 36.4 Å². The lowest BCUT2D eigenvalue weighted by molar-refractivity contribution is 0.0745. The number of nitrogens with zero attached hydrogens (tertiary/aromatic N) is 1. The van der Waals surface area contributed by atoms with Crippen LogP contribution in [0.4, 0.5) is 0 Å². The summed E-state index contributed by atoms with van der Waals surface area (Å²) >= 11 is 0. The molecule has 0 aromatic rings. The number of hydrogen-bond acceptors (Lipinski definition) is 2. The summed E-state index contributed by atoms with van der Waals surface area (Å²) in [5.41, 5.74) is 5.82. The highest BCUT2D eigenvalue weighted by atomic mass is 15.2. The Morgan fingerprint density at radius 3 is 2.56 bits per heavy atom. The second kappa shape index (κ2) is 5.05. The zero-order valence-electron chi connectivity index (χ0n) is 11.2. The average Bonchev–Trinajstić information content (AvgIpc) is 2.64. The topological polar surface area (TPSA) is 29.3 Å². The van der Waals surface area contributed by atoms with E-state index >= 15 is 0 Å². The van der Waals surface area contributed by atoms with Crippen LogP contribution in [-0.2, 0) is 0 Å². The molecule has 16 heavy (non-hydrogen) atoms. The minimum Gasteiger partial charge on any atom is -0.330 e. The van der Waals surface area contributed by atoms with Gasteiger partial charge in [-0.1, -0.05) is 26.7 Å². The van der Waals surface area contributed by atoms with E-state index in [2.05, 4.69) is 25.7 Å². The second-order valence-electron chi connectivity index (χ2n) is 6.22. The average molecular weight is 224 g/mol. The molecule has 2 aliphatic rings. The van der Waals surface area contributed by atoms with Crippen molar-refractivity contribution in [3.63, 3.8) is 0 Å². The smallest absolute Gasteiger partial charge is 0.0126 e. The predicted molar refractivity (Wildman–Crippen MR) is 69.3 cm³/mol. The van der Waals surface area contributed by atoms with E-state index in [9.17, 15) is 0 Å². The van der Waals surface area contributed by atoms with Crippen molar-refractivity contribution in [1.82, 2.24) is 4.90 Å². The van der Waals surface area contributed by atoms with Crippen LogP contribution < -0.4 is 5.73 Å². The Kier molecular flexibility index (Phi) is 3.91. The molecule has 2 nitrogen and oxygen atoms in total. The third-order valence-corrected chi connectivity index (χ3v) is 5.13. The van der Waals surface area contributed by atoms with Gasteiger partial charge in [-0.25, -0.2) is 0 Å². The summed E-state index contributed by atoms with van der Waals surface area (Å²) in [6, 6.07) is 1.58. The molecule has 2 fully saturated rings. The molecule has 94 valence electrons. The fourth-order valence-corrected chi connectivity index (χ4v) is 3.83. The van der Waals surface area contributed by atoms with Gasteiger partial charge < -0.3 is 5.73 Å². The maximum absolute atomic E-state index is 5.82.